The maximum atomic E-state index is 12.1. The van der Waals surface area contributed by atoms with E-state index >= 15 is 0 Å². The Morgan fingerprint density at radius 3 is 2.71 bits per heavy atom. The Morgan fingerprint density at radius 1 is 1.46 bits per heavy atom. The van der Waals surface area contributed by atoms with Gasteiger partial charge >= 0.3 is 5.97 Å². The van der Waals surface area contributed by atoms with Crippen molar-refractivity contribution in [1.82, 2.24) is 9.78 Å². The third-order valence-corrected chi connectivity index (χ3v) is 4.60. The molecule has 3 N–H and O–H groups in total. The van der Waals surface area contributed by atoms with Crippen LogP contribution in [0.2, 0.25) is 5.02 Å². The summed E-state index contributed by atoms with van der Waals surface area (Å²) in [6, 6.07) is 0. The number of nitrogens with zero attached hydrogens (tertiary/aromatic N) is 2. The summed E-state index contributed by atoms with van der Waals surface area (Å²) < 4.78 is 6.23. The summed E-state index contributed by atoms with van der Waals surface area (Å²) in [5.74, 6) is -1.66. The van der Waals surface area contributed by atoms with Gasteiger partial charge in [-0.05, 0) is 12.5 Å². The Kier molecular flexibility index (Phi) is 5.58. The topological polar surface area (TPSA) is 116 Å². The molecule has 0 spiro atoms. The number of carbonyl (C=O) groups excluding carboxylic acids is 3. The quantitative estimate of drug-likeness (QED) is 0.752. The lowest BCUT2D eigenvalue weighted by atomic mass is 10.1. The Labute approximate surface area is 146 Å². The number of carbonyl (C=O) groups is 3. The van der Waals surface area contributed by atoms with E-state index in [4.69, 9.17) is 22.1 Å². The van der Waals surface area contributed by atoms with E-state index in [-0.39, 0.29) is 27.8 Å². The summed E-state index contributed by atoms with van der Waals surface area (Å²) in [7, 11) is 1.22. The minimum atomic E-state index is -0.672. The fraction of sp³-hybridized carbons (Fsp3) is 0.286. The first-order valence-corrected chi connectivity index (χ1v) is 8.02. The molecule has 0 atom stereocenters. The van der Waals surface area contributed by atoms with Crippen LogP contribution in [0.3, 0.4) is 0 Å². The molecule has 24 heavy (non-hydrogen) atoms. The van der Waals surface area contributed by atoms with Gasteiger partial charge < -0.3 is 15.8 Å². The van der Waals surface area contributed by atoms with E-state index in [2.05, 4.69) is 10.4 Å². The second-order valence-corrected chi connectivity index (χ2v) is 6.29. The molecule has 2 amide bonds. The van der Waals surface area contributed by atoms with Crippen LogP contribution in [0.25, 0.3) is 0 Å². The number of halogens is 1. The molecule has 8 nitrogen and oxygen atoms in total. The van der Waals surface area contributed by atoms with Gasteiger partial charge in [-0.25, -0.2) is 4.79 Å². The molecule has 0 unspecified atom stereocenters. The molecule has 128 valence electrons. The van der Waals surface area contributed by atoms with Gasteiger partial charge in [-0.3, -0.25) is 14.3 Å². The maximum absolute atomic E-state index is 12.1. The van der Waals surface area contributed by atoms with E-state index in [1.165, 1.54) is 18.0 Å². The Hall–Kier alpha value is -2.39. The predicted octanol–water partition coefficient (Wildman–Crippen LogP) is 1.82. The van der Waals surface area contributed by atoms with Crippen molar-refractivity contribution in [3.8, 4) is 0 Å². The Morgan fingerprint density at radius 2 is 2.17 bits per heavy atom. The minimum absolute atomic E-state index is 0.113. The second-order valence-electron chi connectivity index (χ2n) is 4.84. The highest BCUT2D eigenvalue weighted by atomic mass is 35.5. The van der Waals surface area contributed by atoms with Crippen molar-refractivity contribution < 1.29 is 19.1 Å². The third-order valence-electron chi connectivity index (χ3n) is 3.18. The van der Waals surface area contributed by atoms with Gasteiger partial charge in [0.2, 0.25) is 5.91 Å². The van der Waals surface area contributed by atoms with Crippen LogP contribution in [0, 0.1) is 6.92 Å². The van der Waals surface area contributed by atoms with Crippen LogP contribution in [-0.4, -0.2) is 34.7 Å². The zero-order valence-corrected chi connectivity index (χ0v) is 14.5. The van der Waals surface area contributed by atoms with E-state index in [1.807, 2.05) is 0 Å². The largest absolute Gasteiger partial charge is 0.465 e. The molecule has 10 heteroatoms. The average molecular weight is 371 g/mol. The van der Waals surface area contributed by atoms with E-state index in [1.54, 1.807) is 13.1 Å². The first kappa shape index (κ1) is 18.0. The van der Waals surface area contributed by atoms with Crippen LogP contribution >= 0.6 is 22.9 Å². The minimum Gasteiger partial charge on any atom is -0.465 e. The van der Waals surface area contributed by atoms with Gasteiger partial charge in [0.1, 0.15) is 5.00 Å². The molecule has 2 aromatic rings. The summed E-state index contributed by atoms with van der Waals surface area (Å²) in [6.07, 6.45) is 3.17. The van der Waals surface area contributed by atoms with Gasteiger partial charge in [0.05, 0.1) is 28.8 Å². The van der Waals surface area contributed by atoms with Crippen LogP contribution in [0.4, 0.5) is 5.00 Å². The van der Waals surface area contributed by atoms with Crippen LogP contribution in [-0.2, 0) is 16.1 Å². The molecule has 0 fully saturated rings. The van der Waals surface area contributed by atoms with Crippen molar-refractivity contribution in [3.05, 3.63) is 33.4 Å². The number of hydrogen-bond donors (Lipinski definition) is 2. The number of ether oxygens (including phenoxy) is 1. The lowest BCUT2D eigenvalue weighted by Gasteiger charge is -2.06. The first-order valence-electron chi connectivity index (χ1n) is 6.82. The number of esters is 1. The molecule has 0 radical (unpaired) electrons. The van der Waals surface area contributed by atoms with E-state index in [9.17, 15) is 14.4 Å². The smallest absolute Gasteiger partial charge is 0.341 e. The van der Waals surface area contributed by atoms with Crippen molar-refractivity contribution in [2.45, 2.75) is 19.9 Å². The molecule has 0 aliphatic heterocycles. The molecular formula is C14H15ClN4O4S. The lowest BCUT2D eigenvalue weighted by molar-refractivity contribution is -0.116. The number of aryl methyl sites for hydroxylation is 1. The van der Waals surface area contributed by atoms with Gasteiger partial charge in [-0.15, -0.1) is 11.3 Å². The number of nitrogens with two attached hydrogens (primary N) is 1. The van der Waals surface area contributed by atoms with E-state index < -0.39 is 11.9 Å². The van der Waals surface area contributed by atoms with Crippen LogP contribution in [0.5, 0.6) is 0 Å². The molecule has 0 saturated heterocycles. The zero-order chi connectivity index (χ0) is 17.9. The molecule has 0 bridgehead atoms. The molecular weight excluding hydrogens is 356 g/mol. The normalized spacial score (nSPS) is 10.5. The number of rotatable bonds is 6. The number of thiophene rings is 1. The van der Waals surface area contributed by atoms with Gasteiger partial charge in [-0.1, -0.05) is 11.6 Å². The highest BCUT2D eigenvalue weighted by Crippen LogP contribution is 2.33. The van der Waals surface area contributed by atoms with Crippen molar-refractivity contribution in [3.63, 3.8) is 0 Å². The fourth-order valence-corrected chi connectivity index (χ4v) is 3.27. The summed E-state index contributed by atoms with van der Waals surface area (Å²) in [5, 5.41) is 7.29. The van der Waals surface area contributed by atoms with Crippen molar-refractivity contribution in [2.75, 3.05) is 12.4 Å². The monoisotopic (exact) mass is 370 g/mol. The molecule has 2 rings (SSSR count). The SMILES string of the molecule is COC(=O)c1c(NC(=O)CCn2cc(Cl)cn2)sc(C(N)=O)c1C. The van der Waals surface area contributed by atoms with Gasteiger partial charge in [-0.2, -0.15) is 5.10 Å². The Bertz CT molecular complexity index is 799. The lowest BCUT2D eigenvalue weighted by Crippen LogP contribution is -2.16. The number of hydrogen-bond acceptors (Lipinski definition) is 6. The third kappa shape index (κ3) is 3.92. The number of methoxy groups -OCH3 is 1. The Balaban J connectivity index is 2.15. The number of anilines is 1. The predicted molar refractivity (Wildman–Crippen MR) is 89.4 cm³/mol. The van der Waals surface area contributed by atoms with Crippen molar-refractivity contribution in [2.24, 2.45) is 5.73 Å². The molecule has 2 heterocycles. The number of nitrogens with one attached hydrogen (secondary N) is 1. The molecule has 0 saturated carbocycles. The van der Waals surface area contributed by atoms with Crippen LogP contribution in [0.1, 0.15) is 32.0 Å². The van der Waals surface area contributed by atoms with Gasteiger partial charge in [0.25, 0.3) is 5.91 Å². The number of amides is 2. The van der Waals surface area contributed by atoms with Crippen LogP contribution in [0.15, 0.2) is 12.4 Å². The first-order chi connectivity index (χ1) is 11.3. The highest BCUT2D eigenvalue weighted by Gasteiger charge is 2.25. The molecule has 2 aromatic heterocycles. The fourth-order valence-electron chi connectivity index (χ4n) is 2.05. The summed E-state index contributed by atoms with van der Waals surface area (Å²) in [6.45, 7) is 1.89. The van der Waals surface area contributed by atoms with Crippen molar-refractivity contribution >= 4 is 45.7 Å². The average Bonchev–Trinajstić information content (AvgIpc) is 3.08. The number of aromatic nitrogens is 2. The number of primary amides is 1. The van der Waals surface area contributed by atoms with Gasteiger partial charge in [0, 0.05) is 19.2 Å². The van der Waals surface area contributed by atoms with E-state index in [0.29, 0.717) is 17.1 Å². The van der Waals surface area contributed by atoms with Crippen molar-refractivity contribution in [1.29, 1.82) is 0 Å². The van der Waals surface area contributed by atoms with Crippen LogP contribution < -0.4 is 11.1 Å². The summed E-state index contributed by atoms with van der Waals surface area (Å²) >= 11 is 6.69. The highest BCUT2D eigenvalue weighted by molar-refractivity contribution is 7.18. The molecule has 0 aliphatic rings. The summed E-state index contributed by atoms with van der Waals surface area (Å²) in [4.78, 5) is 35.6. The summed E-state index contributed by atoms with van der Waals surface area (Å²) in [5.41, 5.74) is 5.80. The molecule has 0 aromatic carbocycles. The van der Waals surface area contributed by atoms with Gasteiger partial charge in [0.15, 0.2) is 0 Å². The zero-order valence-electron chi connectivity index (χ0n) is 13.0. The standard InChI is InChI=1S/C14H15ClN4O4S/c1-7-10(14(22)23-2)13(24-11(7)12(16)21)18-9(20)3-4-19-6-8(15)5-17-19/h5-6H,3-4H2,1-2H3,(H2,16,21)(H,18,20). The van der Waals surface area contributed by atoms with E-state index in [0.717, 1.165) is 11.3 Å². The molecule has 0 aliphatic carbocycles. The maximum Gasteiger partial charge on any atom is 0.341 e. The second kappa shape index (κ2) is 7.45.